The molecule has 6 aromatic rings. The second kappa shape index (κ2) is 26.4. The number of piperidine rings is 2. The number of unbranched alkanes of at least 4 members (excludes halogenated alkanes) is 4. The Kier molecular flexibility index (Phi) is 19.7. The first-order valence-electron chi connectivity index (χ1n) is 30.3. The van der Waals surface area contributed by atoms with Crippen LogP contribution >= 0.6 is 0 Å². The summed E-state index contributed by atoms with van der Waals surface area (Å²) in [5.41, 5.74) is 6.25. The lowest BCUT2D eigenvalue weighted by Crippen LogP contribution is -2.44. The number of amides is 2. The lowest BCUT2D eigenvalue weighted by molar-refractivity contribution is -0.135. The number of aromatic hydroxyl groups is 1. The highest BCUT2D eigenvalue weighted by Crippen LogP contribution is 2.52. The van der Waals surface area contributed by atoms with Crippen LogP contribution in [0, 0.1) is 47.8 Å². The molecule has 4 aliphatic rings. The zero-order chi connectivity index (χ0) is 57.3. The topological polar surface area (TPSA) is 148 Å². The number of hydrogen-bond donors (Lipinski definition) is 2. The number of hydrogen-bond acceptors (Lipinski definition) is 10. The quantitative estimate of drug-likeness (QED) is 0.0430. The van der Waals surface area contributed by atoms with Crippen LogP contribution in [-0.2, 0) is 16.6 Å². The summed E-state index contributed by atoms with van der Waals surface area (Å²) in [6, 6.07) is 11.7. The number of phenols is 1. The Morgan fingerprint density at radius 2 is 1.66 bits per heavy atom. The summed E-state index contributed by atoms with van der Waals surface area (Å²) in [6.45, 7) is 22.1. The van der Waals surface area contributed by atoms with E-state index in [0.717, 1.165) is 109 Å². The number of para-hydroxylation sites is 1. The van der Waals surface area contributed by atoms with Crippen molar-refractivity contribution >= 4 is 56.0 Å². The molecule has 13 nitrogen and oxygen atoms in total. The summed E-state index contributed by atoms with van der Waals surface area (Å²) in [5.74, 6) is 3.80. The molecule has 0 radical (unpaired) electrons. The lowest BCUT2D eigenvalue weighted by Gasteiger charge is -2.47. The summed E-state index contributed by atoms with van der Waals surface area (Å²) in [7, 11) is 1.76. The van der Waals surface area contributed by atoms with Crippen molar-refractivity contribution in [2.24, 2.45) is 29.7 Å². The molecule has 10 rings (SSSR count). The fourth-order valence-electron chi connectivity index (χ4n) is 13.2. The number of carbonyl (C=O) groups excluding carboxylic acids is 2. The first kappa shape index (κ1) is 59.6. The fraction of sp³-hybridized carbons (Fsp3) is 0.576. The van der Waals surface area contributed by atoms with Gasteiger partial charge in [-0.05, 0) is 137 Å². The van der Waals surface area contributed by atoms with E-state index in [0.29, 0.717) is 47.0 Å². The van der Waals surface area contributed by atoms with Crippen LogP contribution in [0.25, 0.3) is 44.0 Å². The molecular weight excluding hydrogens is 1000 g/mol. The van der Waals surface area contributed by atoms with E-state index >= 15 is 0 Å². The van der Waals surface area contributed by atoms with Crippen LogP contribution in [0.3, 0.4) is 0 Å². The Morgan fingerprint density at radius 1 is 0.900 bits per heavy atom. The van der Waals surface area contributed by atoms with Gasteiger partial charge in [0.15, 0.2) is 0 Å². The highest BCUT2D eigenvalue weighted by Gasteiger charge is 2.42. The molecule has 3 aromatic heterocycles. The summed E-state index contributed by atoms with van der Waals surface area (Å²) in [5, 5.41) is 14.9. The standard InChI is InChI=1S/C32H33FN4O2.C21H30N4O3.C13H26/c1-5-23-26(33)10-9-21-14-22(38)15-24(27(21)23)28-20(4)29-25(16-34-28)30(37-13-7-8-19(3)17-37)36-31(35-29)39-18-32(6-2)11-12-32;1-4-6-7-14-24(13-5-2)15-9-8-10-16-19(15)23(3)21(28)25(16)17-11-12-18(26)22-20(17)27;1-4-6-7-9-13(8-5-2)10-12(3)11-13/h1,9-10,14-16,19,38H,6-8,11-13,17-18H2,2-4H3;8-10,17H,4-7,11-14H2,1-3H3,(H,22,26,27);12H,4-11H2,1-3H3. The minimum absolute atomic E-state index is 0.0531. The number of aryl methyl sites for hydroxylation is 2. The van der Waals surface area contributed by atoms with Crippen LogP contribution in [0.2, 0.25) is 0 Å². The molecule has 4 fully saturated rings. The number of phenolic OH excluding ortho intramolecular Hbond substituents is 1. The molecular formula is C66H89FN8O5. The predicted molar refractivity (Wildman–Crippen MR) is 323 cm³/mol. The molecule has 2 atom stereocenters. The zero-order valence-electron chi connectivity index (χ0n) is 49.5. The summed E-state index contributed by atoms with van der Waals surface area (Å²) >= 11 is 0. The predicted octanol–water partition coefficient (Wildman–Crippen LogP) is 14.3. The molecule has 430 valence electrons. The van der Waals surface area contributed by atoms with E-state index in [4.69, 9.17) is 26.1 Å². The van der Waals surface area contributed by atoms with Crippen LogP contribution in [0.1, 0.15) is 188 Å². The van der Waals surface area contributed by atoms with E-state index in [2.05, 4.69) is 75.6 Å². The van der Waals surface area contributed by atoms with Crippen LogP contribution in [0.5, 0.6) is 11.8 Å². The number of benzene rings is 3. The summed E-state index contributed by atoms with van der Waals surface area (Å²) < 4.78 is 24.2. The largest absolute Gasteiger partial charge is 0.508 e. The number of terminal acetylenes is 1. The number of pyridine rings is 1. The van der Waals surface area contributed by atoms with Crippen LogP contribution in [-0.4, -0.2) is 73.8 Å². The smallest absolute Gasteiger partial charge is 0.329 e. The van der Waals surface area contributed by atoms with Crippen molar-refractivity contribution in [2.45, 2.75) is 183 Å². The zero-order valence-corrected chi connectivity index (χ0v) is 49.5. The minimum atomic E-state index is -0.649. The Hall–Kier alpha value is -6.49. The highest BCUT2D eigenvalue weighted by molar-refractivity contribution is 6.04. The van der Waals surface area contributed by atoms with Gasteiger partial charge in [-0.25, -0.2) is 9.18 Å². The molecule has 14 heteroatoms. The van der Waals surface area contributed by atoms with Gasteiger partial charge in [0.1, 0.15) is 23.4 Å². The van der Waals surface area contributed by atoms with E-state index < -0.39 is 17.8 Å². The molecule has 2 aliphatic heterocycles. The van der Waals surface area contributed by atoms with Gasteiger partial charge in [-0.1, -0.05) is 105 Å². The van der Waals surface area contributed by atoms with Crippen LogP contribution in [0.4, 0.5) is 15.9 Å². The number of fused-ring (bicyclic) bond motifs is 3. The maximum atomic E-state index is 14.8. The Labute approximate surface area is 474 Å². The van der Waals surface area contributed by atoms with E-state index in [1.165, 1.54) is 83.1 Å². The van der Waals surface area contributed by atoms with Crippen molar-refractivity contribution in [2.75, 3.05) is 42.6 Å². The molecule has 5 heterocycles. The van der Waals surface area contributed by atoms with Crippen LogP contribution in [0.15, 0.2) is 53.5 Å². The minimum Gasteiger partial charge on any atom is -0.508 e. The molecule has 80 heavy (non-hydrogen) atoms. The van der Waals surface area contributed by atoms with Gasteiger partial charge in [0.2, 0.25) is 11.8 Å². The lowest BCUT2D eigenvalue weighted by atomic mass is 9.58. The van der Waals surface area contributed by atoms with Gasteiger partial charge in [-0.3, -0.25) is 29.0 Å². The fourth-order valence-corrected chi connectivity index (χ4v) is 13.2. The second-order valence-corrected chi connectivity index (χ2v) is 24.1. The number of halogens is 1. The molecule has 0 bridgehead atoms. The maximum absolute atomic E-state index is 14.8. The molecule has 2 amide bonds. The number of ether oxygens (including phenoxy) is 1. The third-order valence-corrected chi connectivity index (χ3v) is 17.7. The van der Waals surface area contributed by atoms with Crippen molar-refractivity contribution in [3.63, 3.8) is 0 Å². The van der Waals surface area contributed by atoms with Crippen LogP contribution < -0.4 is 25.5 Å². The maximum Gasteiger partial charge on any atom is 0.329 e. The average molecular weight is 1090 g/mol. The Balaban J connectivity index is 0.000000178. The number of imide groups is 1. The third kappa shape index (κ3) is 13.1. The van der Waals surface area contributed by atoms with Gasteiger partial charge in [-0.15, -0.1) is 6.42 Å². The Morgan fingerprint density at radius 3 is 2.33 bits per heavy atom. The van der Waals surface area contributed by atoms with Crippen molar-refractivity contribution in [1.29, 1.82) is 0 Å². The van der Waals surface area contributed by atoms with Gasteiger partial charge in [-0.2, -0.15) is 9.97 Å². The van der Waals surface area contributed by atoms with E-state index in [1.807, 2.05) is 19.1 Å². The summed E-state index contributed by atoms with van der Waals surface area (Å²) in [4.78, 5) is 56.2. The van der Waals surface area contributed by atoms with Gasteiger partial charge < -0.3 is 19.6 Å². The van der Waals surface area contributed by atoms with Gasteiger partial charge in [0, 0.05) is 67.8 Å². The number of anilines is 2. The van der Waals surface area contributed by atoms with Crippen molar-refractivity contribution in [1.82, 2.24) is 29.4 Å². The molecule has 2 aliphatic carbocycles. The third-order valence-electron chi connectivity index (χ3n) is 17.7. The number of nitrogens with one attached hydrogen (secondary N) is 1. The Bertz CT molecular complexity index is 3250. The molecule has 2 unspecified atom stereocenters. The number of carbonyl (C=O) groups is 2. The highest BCUT2D eigenvalue weighted by atomic mass is 19.1. The molecule has 2 saturated carbocycles. The van der Waals surface area contributed by atoms with Crippen molar-refractivity contribution in [3.8, 4) is 35.4 Å². The van der Waals surface area contributed by atoms with E-state index in [1.54, 1.807) is 40.6 Å². The number of nitrogens with zero attached hydrogens (tertiary/aromatic N) is 7. The summed E-state index contributed by atoms with van der Waals surface area (Å²) in [6.07, 6.45) is 30.0. The molecule has 3 aromatic carbocycles. The second-order valence-electron chi connectivity index (χ2n) is 24.1. The first-order valence-corrected chi connectivity index (χ1v) is 30.3. The normalized spacial score (nSPS) is 20.3. The SMILES string of the molecule is C#Cc1c(F)ccc2cc(O)cc(-c3ncc4c(N5CCCC(C)C5)nc(OCC5(CC)CC5)nc4c3C)c12.CCCCCC1(CCC)CC(C)C1.CCCCCN(CCC)c1cccc2c1n(C)c(=O)n2C1CCC(=O)NC1=O. The number of aromatic nitrogens is 5. The monoisotopic (exact) mass is 1090 g/mol. The number of imidazole rings is 1. The van der Waals surface area contributed by atoms with Gasteiger partial charge in [0.05, 0.1) is 45.5 Å². The van der Waals surface area contributed by atoms with Gasteiger partial charge >= 0.3 is 11.7 Å². The number of rotatable bonds is 20. The van der Waals surface area contributed by atoms with Crippen molar-refractivity contribution < 1.29 is 23.8 Å². The van der Waals surface area contributed by atoms with E-state index in [9.17, 15) is 23.9 Å². The van der Waals surface area contributed by atoms with E-state index in [-0.39, 0.29) is 34.7 Å². The average Bonchev–Trinajstić information content (AvgIpc) is 4.30. The first-order chi connectivity index (χ1) is 38.5. The molecule has 2 saturated heterocycles. The molecule has 2 N–H and O–H groups in total. The van der Waals surface area contributed by atoms with Crippen molar-refractivity contribution in [3.05, 3.63) is 76.1 Å². The molecule has 0 spiro atoms. The van der Waals surface area contributed by atoms with Gasteiger partial charge in [0.25, 0.3) is 0 Å².